The lowest BCUT2D eigenvalue weighted by Crippen LogP contribution is -2.04. The first-order valence-corrected chi connectivity index (χ1v) is 6.40. The van der Waals surface area contributed by atoms with E-state index in [4.69, 9.17) is 5.11 Å². The third-order valence-electron chi connectivity index (χ3n) is 3.64. The van der Waals surface area contributed by atoms with Gasteiger partial charge >= 0.3 is 5.97 Å². The molecule has 0 unspecified atom stereocenters. The molecular formula is C14H15N3O2. The van der Waals surface area contributed by atoms with Gasteiger partial charge < -0.3 is 5.11 Å². The van der Waals surface area contributed by atoms with Gasteiger partial charge in [0.1, 0.15) is 0 Å². The standard InChI is InChI=1S/C14H15N3O2/c1-9-13(8-14(18)19)15-16-17(9)12-6-5-10-3-2-4-11(10)7-12/h5-7H,2-4,8H2,1H3,(H,18,19). The van der Waals surface area contributed by atoms with Crippen LogP contribution in [-0.4, -0.2) is 26.1 Å². The fraction of sp³-hybridized carbons (Fsp3) is 0.357. The minimum absolute atomic E-state index is 0.0865. The first-order chi connectivity index (χ1) is 9.15. The van der Waals surface area contributed by atoms with Gasteiger partial charge in [0.25, 0.3) is 0 Å². The summed E-state index contributed by atoms with van der Waals surface area (Å²) in [6.45, 7) is 1.85. The molecule has 0 saturated carbocycles. The molecule has 0 radical (unpaired) electrons. The largest absolute Gasteiger partial charge is 0.481 e. The molecule has 1 N–H and O–H groups in total. The van der Waals surface area contributed by atoms with E-state index in [1.54, 1.807) is 4.68 Å². The Bertz CT molecular complexity index is 646. The lowest BCUT2D eigenvalue weighted by molar-refractivity contribution is -0.136. The maximum atomic E-state index is 10.7. The molecule has 0 aliphatic heterocycles. The third-order valence-corrected chi connectivity index (χ3v) is 3.64. The number of carboxylic acids is 1. The zero-order valence-corrected chi connectivity index (χ0v) is 10.8. The monoisotopic (exact) mass is 257 g/mol. The molecule has 19 heavy (non-hydrogen) atoms. The molecule has 0 atom stereocenters. The minimum atomic E-state index is -0.885. The van der Waals surface area contributed by atoms with Crippen molar-refractivity contribution in [2.45, 2.75) is 32.6 Å². The number of aromatic nitrogens is 3. The van der Waals surface area contributed by atoms with Crippen LogP contribution in [0, 0.1) is 6.92 Å². The molecule has 0 amide bonds. The summed E-state index contributed by atoms with van der Waals surface area (Å²) in [5.41, 5.74) is 5.05. The molecule has 0 fully saturated rings. The summed E-state index contributed by atoms with van der Waals surface area (Å²) in [4.78, 5) is 10.7. The van der Waals surface area contributed by atoms with E-state index < -0.39 is 5.97 Å². The van der Waals surface area contributed by atoms with Crippen LogP contribution in [0.4, 0.5) is 0 Å². The molecule has 1 aliphatic carbocycles. The second-order valence-electron chi connectivity index (χ2n) is 4.91. The fourth-order valence-corrected chi connectivity index (χ4v) is 2.60. The highest BCUT2D eigenvalue weighted by atomic mass is 16.4. The Morgan fingerprint density at radius 2 is 2.16 bits per heavy atom. The van der Waals surface area contributed by atoms with Crippen LogP contribution in [0.2, 0.25) is 0 Å². The van der Waals surface area contributed by atoms with Crippen LogP contribution >= 0.6 is 0 Å². The number of hydrogen-bond donors (Lipinski definition) is 1. The zero-order chi connectivity index (χ0) is 13.4. The molecule has 1 aliphatic rings. The van der Waals surface area contributed by atoms with Gasteiger partial charge in [-0.3, -0.25) is 4.79 Å². The second-order valence-corrected chi connectivity index (χ2v) is 4.91. The van der Waals surface area contributed by atoms with Crippen molar-refractivity contribution in [3.8, 4) is 5.69 Å². The van der Waals surface area contributed by atoms with E-state index in [0.29, 0.717) is 5.69 Å². The number of carbonyl (C=O) groups is 1. The van der Waals surface area contributed by atoms with Crippen molar-refractivity contribution in [2.24, 2.45) is 0 Å². The summed E-state index contributed by atoms with van der Waals surface area (Å²) in [7, 11) is 0. The predicted molar refractivity (Wildman–Crippen MR) is 69.5 cm³/mol. The predicted octanol–water partition coefficient (Wildman–Crippen LogP) is 1.69. The Balaban J connectivity index is 1.98. The van der Waals surface area contributed by atoms with Gasteiger partial charge in [-0.1, -0.05) is 11.3 Å². The Morgan fingerprint density at radius 3 is 2.95 bits per heavy atom. The lowest BCUT2D eigenvalue weighted by atomic mass is 10.1. The summed E-state index contributed by atoms with van der Waals surface area (Å²) >= 11 is 0. The van der Waals surface area contributed by atoms with Crippen molar-refractivity contribution in [1.29, 1.82) is 0 Å². The molecule has 98 valence electrons. The van der Waals surface area contributed by atoms with E-state index in [-0.39, 0.29) is 6.42 Å². The van der Waals surface area contributed by atoms with Crippen LogP contribution in [0.3, 0.4) is 0 Å². The molecule has 1 aromatic heterocycles. The van der Waals surface area contributed by atoms with Gasteiger partial charge in [0, 0.05) is 0 Å². The van der Waals surface area contributed by atoms with Crippen LogP contribution in [-0.2, 0) is 24.1 Å². The molecule has 5 nitrogen and oxygen atoms in total. The molecule has 0 saturated heterocycles. The summed E-state index contributed by atoms with van der Waals surface area (Å²) in [5, 5.41) is 16.8. The Morgan fingerprint density at radius 1 is 1.37 bits per heavy atom. The normalized spacial score (nSPS) is 13.5. The third kappa shape index (κ3) is 2.12. The summed E-state index contributed by atoms with van der Waals surface area (Å²) < 4.78 is 1.72. The van der Waals surface area contributed by atoms with Crippen molar-refractivity contribution in [3.63, 3.8) is 0 Å². The van der Waals surface area contributed by atoms with Crippen molar-refractivity contribution in [3.05, 3.63) is 40.7 Å². The van der Waals surface area contributed by atoms with E-state index in [0.717, 1.165) is 24.2 Å². The quantitative estimate of drug-likeness (QED) is 0.908. The van der Waals surface area contributed by atoms with E-state index in [1.165, 1.54) is 17.5 Å². The molecule has 3 rings (SSSR count). The molecule has 1 aromatic carbocycles. The number of rotatable bonds is 3. The van der Waals surface area contributed by atoms with E-state index in [9.17, 15) is 4.79 Å². The van der Waals surface area contributed by atoms with Crippen LogP contribution in [0.1, 0.15) is 28.9 Å². The summed E-state index contributed by atoms with van der Waals surface area (Å²) in [6.07, 6.45) is 3.38. The van der Waals surface area contributed by atoms with Crippen molar-refractivity contribution < 1.29 is 9.90 Å². The number of aliphatic carboxylic acids is 1. The average Bonchev–Trinajstić information content (AvgIpc) is 2.96. The molecule has 5 heteroatoms. The zero-order valence-electron chi connectivity index (χ0n) is 10.8. The fourth-order valence-electron chi connectivity index (χ4n) is 2.60. The molecule has 0 bridgehead atoms. The minimum Gasteiger partial charge on any atom is -0.481 e. The van der Waals surface area contributed by atoms with Crippen LogP contribution in [0.25, 0.3) is 5.69 Å². The van der Waals surface area contributed by atoms with Crippen LogP contribution in [0.5, 0.6) is 0 Å². The Hall–Kier alpha value is -2.17. The van der Waals surface area contributed by atoms with Crippen LogP contribution < -0.4 is 0 Å². The van der Waals surface area contributed by atoms with E-state index >= 15 is 0 Å². The van der Waals surface area contributed by atoms with Crippen LogP contribution in [0.15, 0.2) is 18.2 Å². The van der Waals surface area contributed by atoms with E-state index in [1.807, 2.05) is 13.0 Å². The number of carboxylic acid groups (broad SMARTS) is 1. The van der Waals surface area contributed by atoms with Gasteiger partial charge in [0.05, 0.1) is 23.5 Å². The maximum absolute atomic E-state index is 10.7. The molecular weight excluding hydrogens is 242 g/mol. The Labute approximate surface area is 110 Å². The number of fused-ring (bicyclic) bond motifs is 1. The number of aryl methyl sites for hydroxylation is 2. The Kier molecular flexibility index (Phi) is 2.81. The van der Waals surface area contributed by atoms with Crippen molar-refractivity contribution in [2.75, 3.05) is 0 Å². The van der Waals surface area contributed by atoms with Gasteiger partial charge in [0.2, 0.25) is 0 Å². The average molecular weight is 257 g/mol. The first kappa shape index (κ1) is 11.9. The van der Waals surface area contributed by atoms with Gasteiger partial charge in [0.15, 0.2) is 0 Å². The smallest absolute Gasteiger partial charge is 0.309 e. The molecule has 2 aromatic rings. The molecule has 0 spiro atoms. The maximum Gasteiger partial charge on any atom is 0.309 e. The van der Waals surface area contributed by atoms with Crippen molar-refractivity contribution >= 4 is 5.97 Å². The molecule has 1 heterocycles. The number of benzene rings is 1. The number of nitrogens with zero attached hydrogens (tertiary/aromatic N) is 3. The van der Waals surface area contributed by atoms with Gasteiger partial charge in [-0.05, 0) is 49.4 Å². The first-order valence-electron chi connectivity index (χ1n) is 6.40. The number of hydrogen-bond acceptors (Lipinski definition) is 3. The second kappa shape index (κ2) is 4.50. The SMILES string of the molecule is Cc1c(CC(=O)O)nnn1-c1ccc2c(c1)CCC2. The van der Waals surface area contributed by atoms with E-state index in [2.05, 4.69) is 22.4 Å². The van der Waals surface area contributed by atoms with Gasteiger partial charge in [-0.15, -0.1) is 5.10 Å². The highest BCUT2D eigenvalue weighted by Crippen LogP contribution is 2.24. The van der Waals surface area contributed by atoms with Crippen molar-refractivity contribution in [1.82, 2.24) is 15.0 Å². The van der Waals surface area contributed by atoms with Gasteiger partial charge in [-0.2, -0.15) is 0 Å². The highest BCUT2D eigenvalue weighted by Gasteiger charge is 2.15. The highest BCUT2D eigenvalue weighted by molar-refractivity contribution is 5.69. The lowest BCUT2D eigenvalue weighted by Gasteiger charge is -2.06. The summed E-state index contributed by atoms with van der Waals surface area (Å²) in [6, 6.07) is 6.29. The summed E-state index contributed by atoms with van der Waals surface area (Å²) in [5.74, 6) is -0.885. The topological polar surface area (TPSA) is 68.0 Å². The van der Waals surface area contributed by atoms with Gasteiger partial charge in [-0.25, -0.2) is 4.68 Å².